The van der Waals surface area contributed by atoms with Gasteiger partial charge in [0.25, 0.3) is 0 Å². The van der Waals surface area contributed by atoms with Gasteiger partial charge in [-0.2, -0.15) is 0 Å². The zero-order chi connectivity index (χ0) is 10.3. The van der Waals surface area contributed by atoms with E-state index in [2.05, 4.69) is 16.6 Å². The van der Waals surface area contributed by atoms with Crippen LogP contribution in [-0.4, -0.2) is 36.1 Å². The van der Waals surface area contributed by atoms with E-state index in [0.29, 0.717) is 0 Å². The van der Waals surface area contributed by atoms with Crippen LogP contribution in [0.4, 0.5) is 0 Å². The molecule has 3 N–H and O–H groups in total. The molecular weight excluding hydrogens is 172 g/mol. The molecule has 0 saturated heterocycles. The van der Waals surface area contributed by atoms with Crippen LogP contribution >= 0.6 is 0 Å². The van der Waals surface area contributed by atoms with Crippen molar-refractivity contribution in [1.82, 2.24) is 10.6 Å². The third-order valence-corrected chi connectivity index (χ3v) is 1.26. The smallest absolute Gasteiger partial charge is 0.325 e. The molecule has 0 spiro atoms. The highest BCUT2D eigenvalue weighted by atomic mass is 16.4. The molecule has 13 heavy (non-hydrogen) atoms. The first-order valence-corrected chi connectivity index (χ1v) is 3.74. The Morgan fingerprint density at radius 3 is 2.69 bits per heavy atom. The lowest BCUT2D eigenvalue weighted by Gasteiger charge is -2.08. The van der Waals surface area contributed by atoms with Crippen LogP contribution in [0.5, 0.6) is 0 Å². The molecule has 0 aromatic heterocycles. The van der Waals surface area contributed by atoms with Crippen molar-refractivity contribution < 1.29 is 14.7 Å². The van der Waals surface area contributed by atoms with E-state index >= 15 is 0 Å². The van der Waals surface area contributed by atoms with E-state index in [1.54, 1.807) is 0 Å². The molecular formula is C8H12N2O3. The molecule has 0 unspecified atom stereocenters. The predicted octanol–water partition coefficient (Wildman–Crippen LogP) is -1.20. The van der Waals surface area contributed by atoms with Crippen molar-refractivity contribution in [3.8, 4) is 12.3 Å². The number of hydrogen-bond acceptors (Lipinski definition) is 3. The SMILES string of the molecule is C#CCNCC(=O)N[C@@H](C)C(=O)O. The van der Waals surface area contributed by atoms with Gasteiger partial charge in [0.15, 0.2) is 0 Å². The van der Waals surface area contributed by atoms with Crippen LogP contribution in [0.1, 0.15) is 6.92 Å². The normalized spacial score (nSPS) is 11.4. The Labute approximate surface area is 76.5 Å². The molecule has 0 aliphatic heterocycles. The molecule has 0 aliphatic carbocycles. The van der Waals surface area contributed by atoms with Gasteiger partial charge in [-0.05, 0) is 6.92 Å². The largest absolute Gasteiger partial charge is 0.480 e. The van der Waals surface area contributed by atoms with Gasteiger partial charge in [0, 0.05) is 0 Å². The van der Waals surface area contributed by atoms with Crippen molar-refractivity contribution in [3.63, 3.8) is 0 Å². The van der Waals surface area contributed by atoms with Crippen molar-refractivity contribution in [1.29, 1.82) is 0 Å². The lowest BCUT2D eigenvalue weighted by atomic mass is 10.3. The Hall–Kier alpha value is -1.54. The minimum atomic E-state index is -1.06. The molecule has 5 nitrogen and oxygen atoms in total. The highest BCUT2D eigenvalue weighted by molar-refractivity contribution is 5.84. The number of carboxylic acid groups (broad SMARTS) is 1. The van der Waals surface area contributed by atoms with E-state index in [1.807, 2.05) is 0 Å². The van der Waals surface area contributed by atoms with Crippen LogP contribution in [0.2, 0.25) is 0 Å². The van der Waals surface area contributed by atoms with Crippen LogP contribution in [0.3, 0.4) is 0 Å². The van der Waals surface area contributed by atoms with Crippen molar-refractivity contribution in [3.05, 3.63) is 0 Å². The van der Waals surface area contributed by atoms with E-state index in [4.69, 9.17) is 11.5 Å². The summed E-state index contributed by atoms with van der Waals surface area (Å²) >= 11 is 0. The molecule has 0 aromatic rings. The summed E-state index contributed by atoms with van der Waals surface area (Å²) in [6.07, 6.45) is 4.93. The second kappa shape index (κ2) is 6.03. The first-order valence-electron chi connectivity index (χ1n) is 3.74. The molecule has 72 valence electrons. The third kappa shape index (κ3) is 5.70. The van der Waals surface area contributed by atoms with Crippen molar-refractivity contribution in [2.45, 2.75) is 13.0 Å². The minimum absolute atomic E-state index is 0.0296. The molecule has 5 heteroatoms. The van der Waals surface area contributed by atoms with Gasteiger partial charge in [-0.3, -0.25) is 14.9 Å². The van der Waals surface area contributed by atoms with Crippen molar-refractivity contribution >= 4 is 11.9 Å². The molecule has 0 fully saturated rings. The Balaban J connectivity index is 3.63. The molecule has 0 aromatic carbocycles. The molecule has 0 heterocycles. The number of carboxylic acids is 1. The lowest BCUT2D eigenvalue weighted by molar-refractivity contribution is -0.141. The summed E-state index contributed by atoms with van der Waals surface area (Å²) < 4.78 is 0. The topological polar surface area (TPSA) is 78.4 Å². The Morgan fingerprint density at radius 1 is 1.62 bits per heavy atom. The summed E-state index contributed by atoms with van der Waals surface area (Å²) in [5, 5.41) is 13.3. The molecule has 0 radical (unpaired) electrons. The van der Waals surface area contributed by atoms with Crippen LogP contribution in [-0.2, 0) is 9.59 Å². The fourth-order valence-corrected chi connectivity index (χ4v) is 0.602. The van der Waals surface area contributed by atoms with Gasteiger partial charge in [0.2, 0.25) is 5.91 Å². The maximum Gasteiger partial charge on any atom is 0.325 e. The van der Waals surface area contributed by atoms with Gasteiger partial charge in [0.05, 0.1) is 13.1 Å². The second-order valence-corrected chi connectivity index (χ2v) is 2.44. The van der Waals surface area contributed by atoms with Crippen molar-refractivity contribution in [2.24, 2.45) is 0 Å². The van der Waals surface area contributed by atoms with E-state index in [1.165, 1.54) is 6.92 Å². The first-order chi connectivity index (χ1) is 6.07. The third-order valence-electron chi connectivity index (χ3n) is 1.26. The van der Waals surface area contributed by atoms with Crippen LogP contribution in [0, 0.1) is 12.3 Å². The average Bonchev–Trinajstić information content (AvgIpc) is 2.04. The first kappa shape index (κ1) is 11.5. The second-order valence-electron chi connectivity index (χ2n) is 2.44. The Morgan fingerprint density at radius 2 is 2.23 bits per heavy atom. The number of carbonyl (C=O) groups excluding carboxylic acids is 1. The summed E-state index contributed by atoms with van der Waals surface area (Å²) in [4.78, 5) is 21.2. The van der Waals surface area contributed by atoms with E-state index in [0.717, 1.165) is 0 Å². The van der Waals surface area contributed by atoms with Crippen LogP contribution in [0.25, 0.3) is 0 Å². The maximum atomic E-state index is 10.9. The van der Waals surface area contributed by atoms with Crippen molar-refractivity contribution in [2.75, 3.05) is 13.1 Å². The predicted molar refractivity (Wildman–Crippen MR) is 46.9 cm³/mol. The number of rotatable bonds is 5. The molecule has 0 saturated carbocycles. The summed E-state index contributed by atoms with van der Waals surface area (Å²) in [6, 6.07) is -0.875. The van der Waals surface area contributed by atoms with Gasteiger partial charge in [0.1, 0.15) is 6.04 Å². The van der Waals surface area contributed by atoms with Gasteiger partial charge in [-0.15, -0.1) is 6.42 Å². The summed E-state index contributed by atoms with van der Waals surface area (Å²) in [5.74, 6) is 0.843. The molecule has 0 bridgehead atoms. The van der Waals surface area contributed by atoms with Crippen LogP contribution in [0.15, 0.2) is 0 Å². The zero-order valence-electron chi connectivity index (χ0n) is 7.33. The minimum Gasteiger partial charge on any atom is -0.480 e. The van der Waals surface area contributed by atoms with Gasteiger partial charge < -0.3 is 10.4 Å². The number of terminal acetylenes is 1. The highest BCUT2D eigenvalue weighted by Crippen LogP contribution is 1.79. The number of hydrogen-bond donors (Lipinski definition) is 3. The molecule has 0 aliphatic rings. The van der Waals surface area contributed by atoms with Crippen LogP contribution < -0.4 is 10.6 Å². The Kier molecular flexibility index (Phi) is 5.32. The number of carbonyl (C=O) groups is 2. The number of aliphatic carboxylic acids is 1. The zero-order valence-corrected chi connectivity index (χ0v) is 7.33. The molecule has 1 atom stereocenters. The standard InChI is InChI=1S/C8H12N2O3/c1-3-4-9-5-7(11)10-6(2)8(12)13/h1,6,9H,4-5H2,2H3,(H,10,11)(H,12,13)/t6-/m0/s1. The molecule has 0 rings (SSSR count). The quantitative estimate of drug-likeness (QED) is 0.370. The fourth-order valence-electron chi connectivity index (χ4n) is 0.602. The van der Waals surface area contributed by atoms with Gasteiger partial charge in [-0.1, -0.05) is 5.92 Å². The monoisotopic (exact) mass is 184 g/mol. The highest BCUT2D eigenvalue weighted by Gasteiger charge is 2.12. The maximum absolute atomic E-state index is 10.9. The fraction of sp³-hybridized carbons (Fsp3) is 0.500. The van der Waals surface area contributed by atoms with E-state index < -0.39 is 12.0 Å². The van der Waals surface area contributed by atoms with Gasteiger partial charge in [-0.25, -0.2) is 0 Å². The summed E-state index contributed by atoms with van der Waals surface area (Å²) in [6.45, 7) is 1.71. The van der Waals surface area contributed by atoms with E-state index in [9.17, 15) is 9.59 Å². The average molecular weight is 184 g/mol. The summed E-state index contributed by atoms with van der Waals surface area (Å²) in [7, 11) is 0. The number of amides is 1. The lowest BCUT2D eigenvalue weighted by Crippen LogP contribution is -2.42. The molecule has 1 amide bonds. The van der Waals surface area contributed by atoms with E-state index in [-0.39, 0.29) is 19.0 Å². The Bertz CT molecular complexity index is 232. The summed E-state index contributed by atoms with van der Waals surface area (Å²) in [5.41, 5.74) is 0. The number of nitrogens with one attached hydrogen (secondary N) is 2. The van der Waals surface area contributed by atoms with Gasteiger partial charge >= 0.3 is 5.97 Å².